The van der Waals surface area contributed by atoms with Gasteiger partial charge in [0.2, 0.25) is 12.3 Å². The van der Waals surface area contributed by atoms with E-state index in [0.717, 1.165) is 28.0 Å². The first-order valence-electron chi connectivity index (χ1n) is 8.64. The van der Waals surface area contributed by atoms with Gasteiger partial charge in [-0.25, -0.2) is 4.98 Å². The Balaban J connectivity index is 0.000000592. The molecule has 0 radical (unpaired) electrons. The molecule has 1 aromatic carbocycles. The average molecular weight is 350 g/mol. The van der Waals surface area contributed by atoms with Crippen molar-refractivity contribution >= 4 is 29.5 Å². The lowest BCUT2D eigenvalue weighted by molar-refractivity contribution is -0.114. The predicted octanol–water partition coefficient (Wildman–Crippen LogP) is 4.01. The normalized spacial score (nSPS) is 12.1. The van der Waals surface area contributed by atoms with Gasteiger partial charge in [0.15, 0.2) is 5.82 Å². The van der Waals surface area contributed by atoms with Gasteiger partial charge in [0, 0.05) is 18.8 Å². The van der Waals surface area contributed by atoms with E-state index in [2.05, 4.69) is 15.6 Å². The minimum atomic E-state index is -0.102. The average Bonchev–Trinajstić information content (AvgIpc) is 3.43. The first kappa shape index (κ1) is 17.7. The quantitative estimate of drug-likeness (QED) is 0.698. The molecular weight excluding hydrogens is 328 g/mol. The Kier molecular flexibility index (Phi) is 5.31. The Bertz CT molecular complexity index is 941. The van der Waals surface area contributed by atoms with Gasteiger partial charge in [0.05, 0.1) is 6.20 Å². The van der Waals surface area contributed by atoms with Gasteiger partial charge < -0.3 is 15.0 Å². The molecule has 0 aliphatic heterocycles. The van der Waals surface area contributed by atoms with Crippen LogP contribution in [0.5, 0.6) is 0 Å². The fourth-order valence-electron chi connectivity index (χ4n) is 2.50. The molecule has 6 heteroatoms. The molecule has 26 heavy (non-hydrogen) atoms. The number of carbonyl (C=O) groups is 2. The number of rotatable bonds is 4. The molecule has 4 rings (SSSR count). The zero-order valence-corrected chi connectivity index (χ0v) is 15.0. The summed E-state index contributed by atoms with van der Waals surface area (Å²) in [6.07, 6.45) is 8.79. The highest BCUT2D eigenvalue weighted by atomic mass is 16.1. The number of hydrogen-bond donors (Lipinski definition) is 2. The van der Waals surface area contributed by atoms with Crippen LogP contribution in [0.25, 0.3) is 16.8 Å². The summed E-state index contributed by atoms with van der Waals surface area (Å²) in [4.78, 5) is 26.0. The van der Waals surface area contributed by atoms with Gasteiger partial charge in [0.1, 0.15) is 5.65 Å². The molecule has 1 aliphatic rings. The standard InChI is InChI=1S/C17H16N4O2.C3H6/c1-11-3-5-14(19-12(2)23)7-15(11)13-4-6-17-20-16(18-10-22)9-21(17)8-13;1-2-3-1/h3-10H,1-2H3,(H,18,22)(H,19,23);1-3H2. The summed E-state index contributed by atoms with van der Waals surface area (Å²) < 4.78 is 1.85. The lowest BCUT2D eigenvalue weighted by Gasteiger charge is -2.10. The molecule has 2 amide bonds. The number of benzene rings is 1. The number of aryl methyl sites for hydroxylation is 1. The third-order valence-corrected chi connectivity index (χ3v) is 3.88. The summed E-state index contributed by atoms with van der Waals surface area (Å²) in [5.74, 6) is 0.398. The minimum Gasteiger partial charge on any atom is -0.326 e. The number of nitrogens with zero attached hydrogens (tertiary/aromatic N) is 2. The summed E-state index contributed by atoms with van der Waals surface area (Å²) in [6.45, 7) is 3.50. The van der Waals surface area contributed by atoms with E-state index in [9.17, 15) is 9.59 Å². The number of imidazole rings is 1. The number of aromatic nitrogens is 2. The van der Waals surface area contributed by atoms with Crippen molar-refractivity contribution in [2.45, 2.75) is 33.1 Å². The van der Waals surface area contributed by atoms with Crippen LogP contribution in [0.1, 0.15) is 31.7 Å². The summed E-state index contributed by atoms with van der Waals surface area (Å²) in [7, 11) is 0. The molecule has 2 N–H and O–H groups in total. The van der Waals surface area contributed by atoms with Crippen molar-refractivity contribution in [3.8, 4) is 11.1 Å². The van der Waals surface area contributed by atoms with Crippen LogP contribution in [0.4, 0.5) is 11.5 Å². The van der Waals surface area contributed by atoms with Crippen LogP contribution in [-0.2, 0) is 9.59 Å². The van der Waals surface area contributed by atoms with Gasteiger partial charge in [0.25, 0.3) is 0 Å². The molecule has 0 atom stereocenters. The molecule has 1 saturated carbocycles. The lowest BCUT2D eigenvalue weighted by atomic mass is 10.0. The van der Waals surface area contributed by atoms with E-state index >= 15 is 0 Å². The first-order valence-corrected chi connectivity index (χ1v) is 8.64. The van der Waals surface area contributed by atoms with Crippen molar-refractivity contribution in [3.05, 3.63) is 48.3 Å². The molecule has 1 aliphatic carbocycles. The largest absolute Gasteiger partial charge is 0.326 e. The minimum absolute atomic E-state index is 0.102. The van der Waals surface area contributed by atoms with Crippen LogP contribution >= 0.6 is 0 Å². The molecule has 2 heterocycles. The molecular formula is C20H22N4O2. The zero-order chi connectivity index (χ0) is 18.5. The molecule has 0 bridgehead atoms. The molecule has 0 saturated heterocycles. The Hall–Kier alpha value is -3.15. The van der Waals surface area contributed by atoms with E-state index in [-0.39, 0.29) is 5.91 Å². The van der Waals surface area contributed by atoms with Gasteiger partial charge in [-0.15, -0.1) is 0 Å². The van der Waals surface area contributed by atoms with Crippen molar-refractivity contribution in [2.24, 2.45) is 0 Å². The van der Waals surface area contributed by atoms with Gasteiger partial charge in [-0.3, -0.25) is 9.59 Å². The highest BCUT2D eigenvalue weighted by Crippen LogP contribution is 2.27. The lowest BCUT2D eigenvalue weighted by Crippen LogP contribution is -2.05. The highest BCUT2D eigenvalue weighted by Gasteiger charge is 2.07. The first-order chi connectivity index (χ1) is 12.6. The number of amides is 2. The topological polar surface area (TPSA) is 75.5 Å². The van der Waals surface area contributed by atoms with E-state index in [4.69, 9.17) is 0 Å². The van der Waals surface area contributed by atoms with Crippen LogP contribution in [-0.4, -0.2) is 21.7 Å². The summed E-state index contributed by atoms with van der Waals surface area (Å²) in [5, 5.41) is 5.33. The van der Waals surface area contributed by atoms with Crippen LogP contribution in [0.15, 0.2) is 42.7 Å². The molecule has 0 spiro atoms. The molecule has 0 unspecified atom stereocenters. The van der Waals surface area contributed by atoms with E-state index in [0.29, 0.717) is 12.2 Å². The van der Waals surface area contributed by atoms with E-state index in [1.807, 2.05) is 47.9 Å². The Morgan fingerprint density at radius 3 is 2.58 bits per heavy atom. The van der Waals surface area contributed by atoms with Crippen molar-refractivity contribution in [1.29, 1.82) is 0 Å². The highest BCUT2D eigenvalue weighted by molar-refractivity contribution is 5.90. The predicted molar refractivity (Wildman–Crippen MR) is 103 cm³/mol. The SMILES string of the molecule is C1CC1.CC(=O)Nc1ccc(C)c(-c2ccc3nc(NC=O)cn3c2)c1. The number of hydrogen-bond acceptors (Lipinski definition) is 3. The Labute approximate surface area is 152 Å². The second-order valence-electron chi connectivity index (χ2n) is 6.34. The molecule has 2 aromatic heterocycles. The third-order valence-electron chi connectivity index (χ3n) is 3.88. The molecule has 3 aromatic rings. The summed E-state index contributed by atoms with van der Waals surface area (Å²) >= 11 is 0. The van der Waals surface area contributed by atoms with Crippen molar-refractivity contribution in [3.63, 3.8) is 0 Å². The number of nitrogens with one attached hydrogen (secondary N) is 2. The maximum Gasteiger partial charge on any atom is 0.221 e. The number of fused-ring (bicyclic) bond motifs is 1. The maximum atomic E-state index is 11.2. The van der Waals surface area contributed by atoms with Crippen LogP contribution in [0.3, 0.4) is 0 Å². The van der Waals surface area contributed by atoms with Gasteiger partial charge in [-0.1, -0.05) is 25.3 Å². The number of carbonyl (C=O) groups excluding carboxylic acids is 2. The van der Waals surface area contributed by atoms with Crippen LogP contribution in [0, 0.1) is 6.92 Å². The molecule has 1 fully saturated rings. The van der Waals surface area contributed by atoms with Gasteiger partial charge >= 0.3 is 0 Å². The van der Waals surface area contributed by atoms with Crippen molar-refractivity contribution in [1.82, 2.24) is 9.38 Å². The smallest absolute Gasteiger partial charge is 0.221 e. The van der Waals surface area contributed by atoms with Crippen molar-refractivity contribution in [2.75, 3.05) is 10.6 Å². The van der Waals surface area contributed by atoms with Gasteiger partial charge in [-0.05, 0) is 47.9 Å². The molecule has 134 valence electrons. The summed E-state index contributed by atoms with van der Waals surface area (Å²) in [5.41, 5.74) is 4.62. The fourth-order valence-corrected chi connectivity index (χ4v) is 2.50. The Morgan fingerprint density at radius 1 is 1.15 bits per heavy atom. The third kappa shape index (κ3) is 4.47. The zero-order valence-electron chi connectivity index (χ0n) is 15.0. The van der Waals surface area contributed by atoms with E-state index in [1.165, 1.54) is 26.2 Å². The fraction of sp³-hybridized carbons (Fsp3) is 0.250. The number of anilines is 2. The second-order valence-corrected chi connectivity index (χ2v) is 6.34. The monoisotopic (exact) mass is 350 g/mol. The van der Waals surface area contributed by atoms with E-state index < -0.39 is 0 Å². The van der Waals surface area contributed by atoms with Crippen LogP contribution in [0.2, 0.25) is 0 Å². The number of pyridine rings is 1. The van der Waals surface area contributed by atoms with E-state index in [1.54, 1.807) is 6.20 Å². The molecule has 6 nitrogen and oxygen atoms in total. The van der Waals surface area contributed by atoms with Crippen LogP contribution < -0.4 is 10.6 Å². The Morgan fingerprint density at radius 2 is 1.92 bits per heavy atom. The summed E-state index contributed by atoms with van der Waals surface area (Å²) in [6, 6.07) is 9.64. The van der Waals surface area contributed by atoms with Gasteiger partial charge in [-0.2, -0.15) is 0 Å². The van der Waals surface area contributed by atoms with Crippen molar-refractivity contribution < 1.29 is 9.59 Å². The maximum absolute atomic E-state index is 11.2. The second kappa shape index (κ2) is 7.82.